The summed E-state index contributed by atoms with van der Waals surface area (Å²) in [6.07, 6.45) is 3.60. The van der Waals surface area contributed by atoms with E-state index in [2.05, 4.69) is 4.72 Å². The summed E-state index contributed by atoms with van der Waals surface area (Å²) in [4.78, 5) is -0.403. The fourth-order valence-corrected chi connectivity index (χ4v) is 4.01. The third-order valence-electron chi connectivity index (χ3n) is 3.55. The predicted octanol–water partition coefficient (Wildman–Crippen LogP) is 2.61. The molecule has 3 N–H and O–H groups in total. The number of nitrogens with two attached hydrogens (primary N) is 1. The molecule has 0 bridgehead atoms. The second-order valence-electron chi connectivity index (χ2n) is 4.61. The zero-order valence-electron chi connectivity index (χ0n) is 11.9. The van der Waals surface area contributed by atoms with Gasteiger partial charge in [-0.15, -0.1) is 0 Å². The molecule has 1 aromatic carbocycles. The van der Waals surface area contributed by atoms with Gasteiger partial charge in [-0.2, -0.15) is 11.8 Å². The molecule has 0 aliphatic heterocycles. The SMILES string of the molecule is CCC(CC)(CNS(=O)(=O)c1cc(N)ccc1F)SC. The van der Waals surface area contributed by atoms with Crippen molar-refractivity contribution in [1.29, 1.82) is 0 Å². The molecular weight excluding hydrogens is 299 g/mol. The Balaban J connectivity index is 2.98. The van der Waals surface area contributed by atoms with Crippen LogP contribution in [0.15, 0.2) is 23.1 Å². The van der Waals surface area contributed by atoms with E-state index in [-0.39, 0.29) is 17.0 Å². The summed E-state index contributed by atoms with van der Waals surface area (Å²) < 4.78 is 40.3. The van der Waals surface area contributed by atoms with E-state index in [1.807, 2.05) is 20.1 Å². The summed E-state index contributed by atoms with van der Waals surface area (Å²) >= 11 is 1.62. The topological polar surface area (TPSA) is 72.2 Å². The fourth-order valence-electron chi connectivity index (χ4n) is 1.89. The maximum atomic E-state index is 13.7. The van der Waals surface area contributed by atoms with E-state index < -0.39 is 20.7 Å². The summed E-state index contributed by atoms with van der Waals surface area (Å²) in [7, 11) is -3.90. The summed E-state index contributed by atoms with van der Waals surface area (Å²) in [6.45, 7) is 4.28. The molecule has 0 saturated carbocycles. The highest BCUT2D eigenvalue weighted by Gasteiger charge is 2.28. The minimum absolute atomic E-state index is 0.177. The van der Waals surface area contributed by atoms with Crippen LogP contribution in [0.2, 0.25) is 0 Å². The van der Waals surface area contributed by atoms with Gasteiger partial charge in [0, 0.05) is 17.0 Å². The van der Waals surface area contributed by atoms with Crippen LogP contribution in [0.4, 0.5) is 10.1 Å². The van der Waals surface area contributed by atoms with Crippen molar-refractivity contribution in [3.63, 3.8) is 0 Å². The third kappa shape index (κ3) is 3.86. The number of hydrogen-bond donors (Lipinski definition) is 2. The van der Waals surface area contributed by atoms with Crippen LogP contribution in [-0.4, -0.2) is 26.0 Å². The highest BCUT2D eigenvalue weighted by Crippen LogP contribution is 2.30. The van der Waals surface area contributed by atoms with Crippen molar-refractivity contribution in [2.75, 3.05) is 18.5 Å². The van der Waals surface area contributed by atoms with Crippen molar-refractivity contribution in [1.82, 2.24) is 4.72 Å². The minimum atomic E-state index is -3.90. The van der Waals surface area contributed by atoms with Crippen molar-refractivity contribution in [2.24, 2.45) is 0 Å². The van der Waals surface area contributed by atoms with E-state index in [0.29, 0.717) is 0 Å². The second kappa shape index (κ2) is 6.78. The summed E-state index contributed by atoms with van der Waals surface area (Å²) in [5, 5.41) is 0. The molecule has 0 heterocycles. The predicted molar refractivity (Wildman–Crippen MR) is 82.8 cm³/mol. The molecule has 0 amide bonds. The number of rotatable bonds is 7. The Hall–Kier alpha value is -0.790. The molecule has 4 nitrogen and oxygen atoms in total. The summed E-state index contributed by atoms with van der Waals surface area (Å²) in [5.74, 6) is -0.797. The zero-order valence-corrected chi connectivity index (χ0v) is 13.6. The fraction of sp³-hybridized carbons (Fsp3) is 0.538. The quantitative estimate of drug-likeness (QED) is 0.758. The Morgan fingerprint density at radius 1 is 1.35 bits per heavy atom. The van der Waals surface area contributed by atoms with Crippen LogP contribution in [0.3, 0.4) is 0 Å². The van der Waals surface area contributed by atoms with Crippen molar-refractivity contribution in [2.45, 2.75) is 36.3 Å². The van der Waals surface area contributed by atoms with Crippen molar-refractivity contribution in [3.05, 3.63) is 24.0 Å². The van der Waals surface area contributed by atoms with Crippen LogP contribution in [-0.2, 0) is 10.0 Å². The molecule has 0 aliphatic carbocycles. The highest BCUT2D eigenvalue weighted by molar-refractivity contribution is 8.00. The van der Waals surface area contributed by atoms with Gasteiger partial charge in [-0.05, 0) is 37.3 Å². The number of nitrogen functional groups attached to an aromatic ring is 1. The first-order chi connectivity index (χ1) is 9.30. The molecule has 114 valence electrons. The second-order valence-corrected chi connectivity index (χ2v) is 7.62. The third-order valence-corrected chi connectivity index (χ3v) is 6.55. The van der Waals surface area contributed by atoms with Crippen molar-refractivity contribution < 1.29 is 12.8 Å². The normalized spacial score (nSPS) is 12.6. The Morgan fingerprint density at radius 2 is 1.95 bits per heavy atom. The Kier molecular flexibility index (Phi) is 5.85. The molecule has 0 aromatic heterocycles. The first-order valence-electron chi connectivity index (χ1n) is 6.40. The maximum absolute atomic E-state index is 13.7. The van der Waals surface area contributed by atoms with Crippen molar-refractivity contribution >= 4 is 27.5 Å². The number of benzene rings is 1. The molecule has 0 radical (unpaired) electrons. The highest BCUT2D eigenvalue weighted by atomic mass is 32.2. The first-order valence-corrected chi connectivity index (χ1v) is 9.11. The molecule has 0 unspecified atom stereocenters. The molecule has 0 fully saturated rings. The van der Waals surface area contributed by atoms with E-state index in [9.17, 15) is 12.8 Å². The average molecular weight is 320 g/mol. The number of anilines is 1. The first kappa shape index (κ1) is 17.3. The lowest BCUT2D eigenvalue weighted by Gasteiger charge is -2.29. The van der Waals surface area contributed by atoms with Crippen LogP contribution >= 0.6 is 11.8 Å². The summed E-state index contributed by atoms with van der Waals surface area (Å²) in [6, 6.07) is 3.53. The van der Waals surface area contributed by atoms with Gasteiger partial charge in [0.25, 0.3) is 0 Å². The van der Waals surface area contributed by atoms with E-state index in [1.165, 1.54) is 6.07 Å². The smallest absolute Gasteiger partial charge is 0.243 e. The van der Waals surface area contributed by atoms with Crippen molar-refractivity contribution in [3.8, 4) is 0 Å². The number of nitrogens with one attached hydrogen (secondary N) is 1. The average Bonchev–Trinajstić information content (AvgIpc) is 2.43. The molecular formula is C13H21FN2O2S2. The van der Waals surface area contributed by atoms with Crippen LogP contribution in [0.25, 0.3) is 0 Å². The van der Waals surface area contributed by atoms with Crippen LogP contribution in [0, 0.1) is 5.82 Å². The molecule has 0 atom stereocenters. The number of thioether (sulfide) groups is 1. The Bertz CT molecular complexity index is 549. The van der Waals surface area contributed by atoms with Gasteiger partial charge in [0.05, 0.1) is 0 Å². The minimum Gasteiger partial charge on any atom is -0.399 e. The van der Waals surface area contributed by atoms with Gasteiger partial charge in [0.15, 0.2) is 0 Å². The molecule has 1 aromatic rings. The molecule has 7 heteroatoms. The van der Waals surface area contributed by atoms with Gasteiger partial charge in [-0.3, -0.25) is 0 Å². The largest absolute Gasteiger partial charge is 0.399 e. The van der Waals surface area contributed by atoms with Gasteiger partial charge in [-0.25, -0.2) is 17.5 Å². The maximum Gasteiger partial charge on any atom is 0.243 e. The molecule has 20 heavy (non-hydrogen) atoms. The van der Waals surface area contributed by atoms with Gasteiger partial charge >= 0.3 is 0 Å². The van der Waals surface area contributed by atoms with E-state index >= 15 is 0 Å². The van der Waals surface area contributed by atoms with Gasteiger partial charge < -0.3 is 5.73 Å². The van der Waals surface area contributed by atoms with Gasteiger partial charge in [0.2, 0.25) is 10.0 Å². The van der Waals surface area contributed by atoms with Gasteiger partial charge in [0.1, 0.15) is 10.7 Å². The van der Waals surface area contributed by atoms with Gasteiger partial charge in [-0.1, -0.05) is 13.8 Å². The van der Waals surface area contributed by atoms with E-state index in [0.717, 1.165) is 25.0 Å². The monoisotopic (exact) mass is 320 g/mol. The molecule has 0 saturated heterocycles. The number of sulfonamides is 1. The lowest BCUT2D eigenvalue weighted by atomic mass is 10.0. The Morgan fingerprint density at radius 3 is 2.45 bits per heavy atom. The van der Waals surface area contributed by atoms with Crippen LogP contribution in [0.1, 0.15) is 26.7 Å². The number of hydrogen-bond acceptors (Lipinski definition) is 4. The lowest BCUT2D eigenvalue weighted by molar-refractivity contribution is 0.516. The molecule has 0 aliphatic rings. The Labute approximate surface area is 124 Å². The standard InChI is InChI=1S/C13H21FN2O2S2/c1-4-13(5-2,19-3)9-16-20(17,18)12-8-10(15)6-7-11(12)14/h6-8,16H,4-5,9,15H2,1-3H3. The van der Waals surface area contributed by atoms with Crippen LogP contribution in [0.5, 0.6) is 0 Å². The summed E-state index contributed by atoms with van der Waals surface area (Å²) in [5.41, 5.74) is 5.74. The molecule has 1 rings (SSSR count). The van der Waals surface area contributed by atoms with Crippen LogP contribution < -0.4 is 10.5 Å². The number of halogens is 1. The van der Waals surface area contributed by atoms with E-state index in [1.54, 1.807) is 11.8 Å². The molecule has 0 spiro atoms. The zero-order chi connectivity index (χ0) is 15.4. The van der Waals surface area contributed by atoms with E-state index in [4.69, 9.17) is 5.73 Å². The lowest BCUT2D eigenvalue weighted by Crippen LogP contribution is -2.39.